The van der Waals surface area contributed by atoms with Crippen LogP contribution >= 0.6 is 11.8 Å². The number of hydrogen-bond donors (Lipinski definition) is 0. The van der Waals surface area contributed by atoms with Crippen molar-refractivity contribution in [2.75, 3.05) is 26.4 Å². The molecule has 0 bridgehead atoms. The third kappa shape index (κ3) is 9.48. The molecule has 0 saturated heterocycles. The Labute approximate surface area is 255 Å². The molecule has 0 aliphatic heterocycles. The Balaban J connectivity index is 1.28. The number of benzene rings is 4. The molecule has 43 heavy (non-hydrogen) atoms. The molecule has 0 amide bonds. The van der Waals surface area contributed by atoms with Crippen molar-refractivity contribution >= 4 is 50.4 Å². The van der Waals surface area contributed by atoms with E-state index in [0.29, 0.717) is 38.4 Å². The topological polar surface area (TPSA) is 88.1 Å². The van der Waals surface area contributed by atoms with Gasteiger partial charge in [-0.25, -0.2) is 9.59 Å². The van der Waals surface area contributed by atoms with Crippen molar-refractivity contribution in [1.29, 1.82) is 0 Å². The molecule has 8 heteroatoms. The molecule has 7 nitrogen and oxygen atoms in total. The number of carbonyl (C=O) groups excluding carboxylic acids is 3. The van der Waals surface area contributed by atoms with Gasteiger partial charge >= 0.3 is 11.9 Å². The number of esters is 2. The largest absolute Gasteiger partial charge is 0.494 e. The molecule has 0 radical (unpaired) electrons. The van der Waals surface area contributed by atoms with Crippen LogP contribution in [0.1, 0.15) is 36.0 Å². The molecule has 222 valence electrons. The summed E-state index contributed by atoms with van der Waals surface area (Å²) >= 11 is 1.18. The number of hydrogen-bond acceptors (Lipinski definition) is 8. The van der Waals surface area contributed by atoms with E-state index in [4.69, 9.17) is 18.9 Å². The molecule has 0 atom stereocenters. The van der Waals surface area contributed by atoms with Gasteiger partial charge in [0.05, 0.1) is 26.4 Å². The normalized spacial score (nSPS) is 10.7. The maximum Gasteiger partial charge on any atom is 0.330 e. The highest BCUT2D eigenvalue weighted by Crippen LogP contribution is 2.31. The first-order chi connectivity index (χ1) is 21.0. The maximum absolute atomic E-state index is 13.1. The number of ether oxygens (including phenoxy) is 4. The Kier molecular flexibility index (Phi) is 11.8. The van der Waals surface area contributed by atoms with Crippen LogP contribution in [0.2, 0.25) is 0 Å². The highest BCUT2D eigenvalue weighted by Gasteiger charge is 2.11. The molecule has 0 unspecified atom stereocenters. The van der Waals surface area contributed by atoms with Gasteiger partial charge in [-0.1, -0.05) is 37.4 Å². The van der Waals surface area contributed by atoms with Crippen LogP contribution < -0.4 is 9.47 Å². The fourth-order valence-electron chi connectivity index (χ4n) is 4.29. The SMILES string of the molecule is C=CC(=O)OCCCCOc1ccc(SC(=O)c2ccc3c(ccc4cc(OCCCCOC(=O)C=C)ccc43)c2)cc1. The predicted molar refractivity (Wildman–Crippen MR) is 170 cm³/mol. The number of thioether (sulfide) groups is 1. The summed E-state index contributed by atoms with van der Waals surface area (Å²) in [4.78, 5) is 36.0. The van der Waals surface area contributed by atoms with Gasteiger partial charge in [0, 0.05) is 22.6 Å². The van der Waals surface area contributed by atoms with Crippen molar-refractivity contribution < 1.29 is 33.3 Å². The summed E-state index contributed by atoms with van der Waals surface area (Å²) in [5.41, 5.74) is 0.632. The third-order valence-electron chi connectivity index (χ3n) is 6.51. The number of rotatable bonds is 16. The van der Waals surface area contributed by atoms with Crippen LogP contribution in [0.5, 0.6) is 11.5 Å². The molecule has 0 aliphatic carbocycles. The molecule has 0 saturated carbocycles. The Morgan fingerprint density at radius 2 is 1.12 bits per heavy atom. The van der Waals surface area contributed by atoms with E-state index >= 15 is 0 Å². The molecule has 0 N–H and O–H groups in total. The van der Waals surface area contributed by atoms with Crippen LogP contribution in [0, 0.1) is 0 Å². The lowest BCUT2D eigenvalue weighted by Crippen LogP contribution is -2.04. The molecular weight excluding hydrogens is 564 g/mol. The van der Waals surface area contributed by atoms with Crippen molar-refractivity contribution in [3.05, 3.63) is 104 Å². The lowest BCUT2D eigenvalue weighted by atomic mass is 10.0. The van der Waals surface area contributed by atoms with Gasteiger partial charge in [0.2, 0.25) is 5.12 Å². The van der Waals surface area contributed by atoms with E-state index < -0.39 is 11.9 Å². The second kappa shape index (κ2) is 16.2. The molecule has 0 heterocycles. The zero-order valence-electron chi connectivity index (χ0n) is 23.9. The Bertz CT molecular complexity index is 1590. The standard InChI is InChI=1S/C35H34O7S/c1-3-33(36)41-21-7-5-19-39-28-12-15-30(16-13-28)43-35(38)27-11-17-31-25(23-27)9-10-26-24-29(14-18-32(26)31)40-20-6-8-22-42-34(37)4-2/h3-4,9-18,23-24H,1-2,5-8,19-22H2. The summed E-state index contributed by atoms with van der Waals surface area (Å²) in [7, 11) is 0. The first kappa shape index (κ1) is 31.4. The van der Waals surface area contributed by atoms with E-state index in [1.165, 1.54) is 11.8 Å². The third-order valence-corrected chi connectivity index (χ3v) is 7.44. The van der Waals surface area contributed by atoms with E-state index in [1.807, 2.05) is 72.8 Å². The Morgan fingerprint density at radius 3 is 1.72 bits per heavy atom. The summed E-state index contributed by atoms with van der Waals surface area (Å²) in [5.74, 6) is 0.668. The Morgan fingerprint density at radius 1 is 0.605 bits per heavy atom. The monoisotopic (exact) mass is 598 g/mol. The van der Waals surface area contributed by atoms with E-state index in [-0.39, 0.29) is 5.12 Å². The second-order valence-corrected chi connectivity index (χ2v) is 10.6. The van der Waals surface area contributed by atoms with Crippen molar-refractivity contribution in [1.82, 2.24) is 0 Å². The Hall–Kier alpha value is -4.56. The molecular formula is C35H34O7S. The van der Waals surface area contributed by atoms with Crippen molar-refractivity contribution in [3.8, 4) is 11.5 Å². The van der Waals surface area contributed by atoms with Gasteiger partial charge in [-0.05, 0) is 108 Å². The van der Waals surface area contributed by atoms with E-state index in [9.17, 15) is 14.4 Å². The van der Waals surface area contributed by atoms with Crippen LogP contribution in [0.3, 0.4) is 0 Å². The summed E-state index contributed by atoms with van der Waals surface area (Å²) in [6.45, 7) is 8.47. The van der Waals surface area contributed by atoms with Gasteiger partial charge in [-0.3, -0.25) is 4.79 Å². The van der Waals surface area contributed by atoms with E-state index in [0.717, 1.165) is 69.4 Å². The van der Waals surface area contributed by atoms with Gasteiger partial charge in [0.15, 0.2) is 0 Å². The van der Waals surface area contributed by atoms with Crippen LogP contribution in [0.15, 0.2) is 103 Å². The van der Waals surface area contributed by atoms with Crippen LogP contribution in [0.4, 0.5) is 0 Å². The first-order valence-corrected chi connectivity index (χ1v) is 14.9. The quantitative estimate of drug-likeness (QED) is 0.0426. The molecule has 4 aromatic rings. The van der Waals surface area contributed by atoms with Gasteiger partial charge < -0.3 is 18.9 Å². The summed E-state index contributed by atoms with van der Waals surface area (Å²) in [6, 6.07) is 23.3. The van der Waals surface area contributed by atoms with Crippen molar-refractivity contribution in [2.24, 2.45) is 0 Å². The van der Waals surface area contributed by atoms with E-state index in [1.54, 1.807) is 0 Å². The van der Waals surface area contributed by atoms with Crippen LogP contribution in [0.25, 0.3) is 21.5 Å². The zero-order chi connectivity index (χ0) is 30.4. The van der Waals surface area contributed by atoms with Crippen LogP contribution in [-0.4, -0.2) is 43.5 Å². The molecule has 0 fully saturated rings. The highest BCUT2D eigenvalue weighted by molar-refractivity contribution is 8.14. The minimum atomic E-state index is -0.419. The summed E-state index contributed by atoms with van der Waals surface area (Å²) < 4.78 is 21.5. The molecule has 4 aromatic carbocycles. The number of unbranched alkanes of at least 4 members (excludes halogenated alkanes) is 2. The van der Waals surface area contributed by atoms with E-state index in [2.05, 4.69) is 13.2 Å². The van der Waals surface area contributed by atoms with Gasteiger partial charge in [-0.2, -0.15) is 0 Å². The number of carbonyl (C=O) groups is 3. The lowest BCUT2D eigenvalue weighted by Gasteiger charge is -2.10. The molecule has 0 aliphatic rings. The second-order valence-electron chi connectivity index (χ2n) is 9.60. The predicted octanol–water partition coefficient (Wildman–Crippen LogP) is 7.70. The molecule has 0 spiro atoms. The maximum atomic E-state index is 13.1. The average molecular weight is 599 g/mol. The van der Waals surface area contributed by atoms with Gasteiger partial charge in [0.1, 0.15) is 11.5 Å². The minimum Gasteiger partial charge on any atom is -0.494 e. The summed E-state index contributed by atoms with van der Waals surface area (Å²) in [6.07, 6.45) is 5.25. The minimum absolute atomic E-state index is 0.0345. The van der Waals surface area contributed by atoms with Crippen molar-refractivity contribution in [2.45, 2.75) is 30.6 Å². The smallest absolute Gasteiger partial charge is 0.330 e. The highest BCUT2D eigenvalue weighted by atomic mass is 32.2. The average Bonchev–Trinajstić information content (AvgIpc) is 3.04. The fraction of sp³-hybridized carbons (Fsp3) is 0.229. The number of fused-ring (bicyclic) bond motifs is 3. The van der Waals surface area contributed by atoms with Crippen LogP contribution in [-0.2, 0) is 19.1 Å². The van der Waals surface area contributed by atoms with Crippen molar-refractivity contribution in [3.63, 3.8) is 0 Å². The van der Waals surface area contributed by atoms with Gasteiger partial charge in [0.25, 0.3) is 0 Å². The first-order valence-electron chi connectivity index (χ1n) is 14.1. The summed E-state index contributed by atoms with van der Waals surface area (Å²) in [5, 5.41) is 4.16. The van der Waals surface area contributed by atoms with Gasteiger partial charge in [-0.15, -0.1) is 0 Å². The zero-order valence-corrected chi connectivity index (χ0v) is 24.7. The molecule has 4 rings (SSSR count). The fourth-order valence-corrected chi connectivity index (χ4v) is 5.02. The molecule has 0 aromatic heterocycles. The lowest BCUT2D eigenvalue weighted by molar-refractivity contribution is -0.138.